The third-order valence-electron chi connectivity index (χ3n) is 3.67. The third kappa shape index (κ3) is 2.13. The molecule has 0 aromatic heterocycles. The number of hydrogen-bond acceptors (Lipinski definition) is 2. The first-order valence-electron chi connectivity index (χ1n) is 5.31. The molecule has 0 aromatic carbocycles. The second-order valence-electron chi connectivity index (χ2n) is 4.51. The quantitative estimate of drug-likeness (QED) is 0.738. The van der Waals surface area contributed by atoms with Crippen LogP contribution in [0.15, 0.2) is 0 Å². The minimum absolute atomic E-state index is 0.0600. The third-order valence-corrected chi connectivity index (χ3v) is 3.67. The molecule has 15 heavy (non-hydrogen) atoms. The Bertz CT molecular complexity index is 229. The maximum Gasteiger partial charge on any atom is 0.391 e. The Morgan fingerprint density at radius 3 is 2.60 bits per heavy atom. The van der Waals surface area contributed by atoms with Gasteiger partial charge in [0, 0.05) is 13.2 Å². The van der Waals surface area contributed by atoms with Crippen LogP contribution in [0.25, 0.3) is 0 Å². The molecule has 1 heterocycles. The first-order valence-corrected chi connectivity index (χ1v) is 5.31. The van der Waals surface area contributed by atoms with E-state index in [9.17, 15) is 13.2 Å². The predicted molar refractivity (Wildman–Crippen MR) is 47.2 cm³/mol. The smallest absolute Gasteiger partial charge is 0.391 e. The van der Waals surface area contributed by atoms with Gasteiger partial charge in [0.1, 0.15) is 0 Å². The van der Waals surface area contributed by atoms with Crippen LogP contribution < -0.4 is 0 Å². The zero-order valence-electron chi connectivity index (χ0n) is 8.33. The molecular formula is C10H15F3O2. The molecule has 88 valence electrons. The van der Waals surface area contributed by atoms with Crippen LogP contribution in [-0.4, -0.2) is 30.6 Å². The number of rotatable bonds is 1. The highest BCUT2D eigenvalue weighted by molar-refractivity contribution is 4.91. The van der Waals surface area contributed by atoms with Crippen molar-refractivity contribution >= 4 is 0 Å². The molecule has 1 saturated heterocycles. The van der Waals surface area contributed by atoms with Gasteiger partial charge in [-0.05, 0) is 31.1 Å². The predicted octanol–water partition coefficient (Wildman–Crippen LogP) is 1.97. The van der Waals surface area contributed by atoms with E-state index in [-0.39, 0.29) is 37.4 Å². The monoisotopic (exact) mass is 224 g/mol. The van der Waals surface area contributed by atoms with Gasteiger partial charge in [-0.15, -0.1) is 0 Å². The van der Waals surface area contributed by atoms with E-state index in [4.69, 9.17) is 9.84 Å². The van der Waals surface area contributed by atoms with Crippen molar-refractivity contribution in [2.45, 2.75) is 31.5 Å². The topological polar surface area (TPSA) is 29.5 Å². The highest BCUT2D eigenvalue weighted by Crippen LogP contribution is 2.46. The molecule has 0 bridgehead atoms. The van der Waals surface area contributed by atoms with Crippen LogP contribution in [0.4, 0.5) is 13.2 Å². The van der Waals surface area contributed by atoms with Crippen molar-refractivity contribution in [2.24, 2.45) is 17.8 Å². The lowest BCUT2D eigenvalue weighted by atomic mass is 9.72. The number of ether oxygens (including phenoxy) is 1. The van der Waals surface area contributed by atoms with Gasteiger partial charge in [-0.2, -0.15) is 13.2 Å². The normalized spacial score (nSPS) is 41.6. The molecular weight excluding hydrogens is 209 g/mol. The molecule has 0 amide bonds. The molecule has 1 aliphatic heterocycles. The highest BCUT2D eigenvalue weighted by Gasteiger charge is 2.50. The van der Waals surface area contributed by atoms with Gasteiger partial charge < -0.3 is 9.84 Å². The van der Waals surface area contributed by atoms with Crippen LogP contribution in [0.2, 0.25) is 0 Å². The average Bonchev–Trinajstić information content (AvgIpc) is 2.62. The largest absolute Gasteiger partial charge is 0.396 e. The zero-order valence-corrected chi connectivity index (χ0v) is 8.33. The van der Waals surface area contributed by atoms with Crippen LogP contribution in [0, 0.1) is 17.8 Å². The molecule has 0 aromatic rings. The number of fused-ring (bicyclic) bond motifs is 1. The van der Waals surface area contributed by atoms with Crippen LogP contribution in [0.5, 0.6) is 0 Å². The van der Waals surface area contributed by atoms with E-state index in [1.165, 1.54) is 0 Å². The van der Waals surface area contributed by atoms with Gasteiger partial charge in [-0.3, -0.25) is 0 Å². The summed E-state index contributed by atoms with van der Waals surface area (Å²) in [4.78, 5) is 0. The standard InChI is InChI=1S/C10H15F3O2/c11-10(12,13)7-3-6(5-14)8-1-2-15-9(8)4-7/h6-9,14H,1-5H2/t6-,7+,8-,9+/m1/s1. The zero-order chi connectivity index (χ0) is 11.1. The van der Waals surface area contributed by atoms with E-state index in [2.05, 4.69) is 0 Å². The van der Waals surface area contributed by atoms with Crippen molar-refractivity contribution in [3.63, 3.8) is 0 Å². The van der Waals surface area contributed by atoms with Crippen molar-refractivity contribution in [3.8, 4) is 0 Å². The van der Waals surface area contributed by atoms with E-state index in [0.29, 0.717) is 6.61 Å². The van der Waals surface area contributed by atoms with Gasteiger partial charge in [0.25, 0.3) is 0 Å². The summed E-state index contributed by atoms with van der Waals surface area (Å²) in [5.41, 5.74) is 0. The second-order valence-corrected chi connectivity index (χ2v) is 4.51. The van der Waals surface area contributed by atoms with Gasteiger partial charge in [-0.25, -0.2) is 0 Å². The van der Waals surface area contributed by atoms with Gasteiger partial charge in [0.2, 0.25) is 0 Å². The van der Waals surface area contributed by atoms with Crippen LogP contribution in [0.1, 0.15) is 19.3 Å². The maximum absolute atomic E-state index is 12.6. The molecule has 5 heteroatoms. The summed E-state index contributed by atoms with van der Waals surface area (Å²) in [6.45, 7) is 0.382. The summed E-state index contributed by atoms with van der Waals surface area (Å²) in [5.74, 6) is -1.40. The van der Waals surface area contributed by atoms with Gasteiger partial charge in [0.05, 0.1) is 12.0 Å². The minimum Gasteiger partial charge on any atom is -0.396 e. The first kappa shape index (κ1) is 11.2. The Kier molecular flexibility index (Phi) is 2.94. The molecule has 1 N–H and O–H groups in total. The minimum atomic E-state index is -4.15. The van der Waals surface area contributed by atoms with E-state index in [0.717, 1.165) is 6.42 Å². The number of hydrogen-bond donors (Lipinski definition) is 1. The van der Waals surface area contributed by atoms with Crippen molar-refractivity contribution < 1.29 is 23.0 Å². The molecule has 2 rings (SSSR count). The van der Waals surface area contributed by atoms with Gasteiger partial charge >= 0.3 is 6.18 Å². The highest BCUT2D eigenvalue weighted by atomic mass is 19.4. The Hall–Kier alpha value is -0.290. The summed E-state index contributed by atoms with van der Waals surface area (Å²) >= 11 is 0. The number of aliphatic hydroxyl groups is 1. The lowest BCUT2D eigenvalue weighted by Crippen LogP contribution is -2.40. The fraction of sp³-hybridized carbons (Fsp3) is 1.00. The van der Waals surface area contributed by atoms with Crippen molar-refractivity contribution in [1.29, 1.82) is 0 Å². The second kappa shape index (κ2) is 3.94. The molecule has 0 spiro atoms. The molecule has 1 aliphatic carbocycles. The molecule has 0 radical (unpaired) electrons. The summed E-state index contributed by atoms with van der Waals surface area (Å²) in [5, 5.41) is 9.10. The Balaban J connectivity index is 2.08. The Morgan fingerprint density at radius 1 is 1.27 bits per heavy atom. The Morgan fingerprint density at radius 2 is 2.00 bits per heavy atom. The molecule has 2 fully saturated rings. The Labute approximate surface area is 86.4 Å². The van der Waals surface area contributed by atoms with E-state index >= 15 is 0 Å². The van der Waals surface area contributed by atoms with Gasteiger partial charge in [0.15, 0.2) is 0 Å². The molecule has 2 aliphatic rings. The number of alkyl halides is 3. The van der Waals surface area contributed by atoms with Crippen molar-refractivity contribution in [1.82, 2.24) is 0 Å². The van der Waals surface area contributed by atoms with Crippen molar-refractivity contribution in [2.75, 3.05) is 13.2 Å². The van der Waals surface area contributed by atoms with Gasteiger partial charge in [-0.1, -0.05) is 0 Å². The molecule has 0 unspecified atom stereocenters. The SMILES string of the molecule is OC[C@H]1C[C@H](C(F)(F)F)C[C@@H]2OCC[C@H]12. The fourth-order valence-corrected chi connectivity index (χ4v) is 2.84. The first-order chi connectivity index (χ1) is 7.02. The van der Waals surface area contributed by atoms with Crippen LogP contribution in [-0.2, 0) is 4.74 Å². The van der Waals surface area contributed by atoms with Crippen molar-refractivity contribution in [3.05, 3.63) is 0 Å². The lowest BCUT2D eigenvalue weighted by molar-refractivity contribution is -0.199. The summed E-state index contributed by atoms with van der Waals surface area (Å²) in [6.07, 6.45) is -3.51. The van der Waals surface area contributed by atoms with Crippen LogP contribution >= 0.6 is 0 Å². The lowest BCUT2D eigenvalue weighted by Gasteiger charge is -2.37. The van der Waals surface area contributed by atoms with Crippen LogP contribution in [0.3, 0.4) is 0 Å². The number of halogens is 3. The van der Waals surface area contributed by atoms with E-state index < -0.39 is 12.1 Å². The fourth-order valence-electron chi connectivity index (χ4n) is 2.84. The number of aliphatic hydroxyl groups excluding tert-OH is 1. The molecule has 1 saturated carbocycles. The summed E-state index contributed by atoms with van der Waals surface area (Å²) in [7, 11) is 0. The van der Waals surface area contributed by atoms with E-state index in [1.807, 2.05) is 0 Å². The average molecular weight is 224 g/mol. The molecule has 2 nitrogen and oxygen atoms in total. The molecule has 4 atom stereocenters. The summed E-state index contributed by atoms with van der Waals surface area (Å²) in [6, 6.07) is 0. The summed E-state index contributed by atoms with van der Waals surface area (Å²) < 4.78 is 43.0. The van der Waals surface area contributed by atoms with E-state index in [1.54, 1.807) is 0 Å². The maximum atomic E-state index is 12.6.